The van der Waals surface area contributed by atoms with Gasteiger partial charge in [-0.2, -0.15) is 0 Å². The van der Waals surface area contributed by atoms with Crippen molar-refractivity contribution < 1.29 is 18.8 Å². The highest BCUT2D eigenvalue weighted by Gasteiger charge is 2.23. The van der Waals surface area contributed by atoms with Gasteiger partial charge in [-0.25, -0.2) is 18.3 Å². The molecule has 1 unspecified atom stereocenters. The van der Waals surface area contributed by atoms with Crippen LogP contribution in [0.15, 0.2) is 24.4 Å². The van der Waals surface area contributed by atoms with Crippen molar-refractivity contribution >= 4 is 5.82 Å². The van der Waals surface area contributed by atoms with Gasteiger partial charge in [0.2, 0.25) is 0 Å². The second kappa shape index (κ2) is 5.33. The standard InChI is InChI=1S/C12H11F2N3O3/c1-7-15-5-12(17(19)20)16(7)6-11(18)9-3-2-8(13)4-10(9)14/h2-5,11,18H,6H2,1H3. The van der Waals surface area contributed by atoms with Crippen LogP contribution < -0.4 is 0 Å². The molecule has 1 aromatic carbocycles. The zero-order valence-corrected chi connectivity index (χ0v) is 10.5. The molecular weight excluding hydrogens is 272 g/mol. The summed E-state index contributed by atoms with van der Waals surface area (Å²) in [5.74, 6) is -1.65. The molecule has 2 aromatic rings. The van der Waals surface area contributed by atoms with E-state index in [4.69, 9.17) is 0 Å². The van der Waals surface area contributed by atoms with E-state index < -0.39 is 22.7 Å². The number of aryl methyl sites for hydroxylation is 1. The second-order valence-electron chi connectivity index (χ2n) is 4.21. The average molecular weight is 283 g/mol. The Morgan fingerprint density at radius 1 is 1.50 bits per heavy atom. The topological polar surface area (TPSA) is 81.2 Å². The molecule has 0 spiro atoms. The highest BCUT2D eigenvalue weighted by Crippen LogP contribution is 2.23. The van der Waals surface area contributed by atoms with Gasteiger partial charge in [-0.15, -0.1) is 0 Å². The minimum atomic E-state index is -1.35. The van der Waals surface area contributed by atoms with Crippen LogP contribution >= 0.6 is 0 Å². The molecular formula is C12H11F2N3O3. The summed E-state index contributed by atoms with van der Waals surface area (Å²) in [6.07, 6.45) is -0.287. The monoisotopic (exact) mass is 283 g/mol. The molecule has 0 amide bonds. The van der Waals surface area contributed by atoms with Gasteiger partial charge < -0.3 is 15.2 Å². The average Bonchev–Trinajstić information content (AvgIpc) is 2.71. The molecule has 0 aliphatic carbocycles. The molecule has 106 valence electrons. The Morgan fingerprint density at radius 2 is 2.20 bits per heavy atom. The maximum absolute atomic E-state index is 13.5. The molecule has 0 radical (unpaired) electrons. The summed E-state index contributed by atoms with van der Waals surface area (Å²) in [5.41, 5.74) is -0.131. The summed E-state index contributed by atoms with van der Waals surface area (Å²) in [6, 6.07) is 2.76. The number of imidazole rings is 1. The zero-order valence-electron chi connectivity index (χ0n) is 10.5. The van der Waals surface area contributed by atoms with Crippen LogP contribution in [-0.2, 0) is 6.54 Å². The molecule has 0 bridgehead atoms. The van der Waals surface area contributed by atoms with Crippen molar-refractivity contribution in [3.63, 3.8) is 0 Å². The highest BCUT2D eigenvalue weighted by atomic mass is 19.1. The molecule has 0 saturated heterocycles. The lowest BCUT2D eigenvalue weighted by Gasteiger charge is -2.11. The molecule has 0 saturated carbocycles. The molecule has 1 heterocycles. The van der Waals surface area contributed by atoms with Crippen LogP contribution in [0.25, 0.3) is 0 Å². The van der Waals surface area contributed by atoms with Crippen LogP contribution in [0.1, 0.15) is 17.5 Å². The number of hydrogen-bond acceptors (Lipinski definition) is 4. The summed E-state index contributed by atoms with van der Waals surface area (Å²) in [5, 5.41) is 20.8. The summed E-state index contributed by atoms with van der Waals surface area (Å²) in [4.78, 5) is 13.9. The Hall–Kier alpha value is -2.35. The van der Waals surface area contributed by atoms with Gasteiger partial charge >= 0.3 is 5.82 Å². The van der Waals surface area contributed by atoms with Gasteiger partial charge in [-0.1, -0.05) is 6.07 Å². The van der Waals surface area contributed by atoms with Gasteiger partial charge in [0.15, 0.2) is 5.82 Å². The van der Waals surface area contributed by atoms with Crippen molar-refractivity contribution in [2.75, 3.05) is 0 Å². The summed E-state index contributed by atoms with van der Waals surface area (Å²) >= 11 is 0. The minimum absolute atomic E-state index is 0.131. The second-order valence-corrected chi connectivity index (χ2v) is 4.21. The largest absolute Gasteiger partial charge is 0.384 e. The number of aliphatic hydroxyl groups excluding tert-OH is 1. The van der Waals surface area contributed by atoms with Crippen LogP contribution in [0.4, 0.5) is 14.6 Å². The first-order valence-electron chi connectivity index (χ1n) is 5.69. The van der Waals surface area contributed by atoms with E-state index in [1.54, 1.807) is 0 Å². The van der Waals surface area contributed by atoms with Crippen LogP contribution in [0.2, 0.25) is 0 Å². The van der Waals surface area contributed by atoms with Crippen LogP contribution in [0.5, 0.6) is 0 Å². The van der Waals surface area contributed by atoms with E-state index in [2.05, 4.69) is 4.98 Å². The lowest BCUT2D eigenvalue weighted by molar-refractivity contribution is -0.392. The Bertz CT molecular complexity index is 657. The van der Waals surface area contributed by atoms with E-state index in [1.165, 1.54) is 6.92 Å². The van der Waals surface area contributed by atoms with Gasteiger partial charge in [0.1, 0.15) is 30.5 Å². The van der Waals surface area contributed by atoms with Gasteiger partial charge in [-0.3, -0.25) is 0 Å². The van der Waals surface area contributed by atoms with E-state index in [9.17, 15) is 24.0 Å². The van der Waals surface area contributed by atoms with Gasteiger partial charge in [0, 0.05) is 18.6 Å². The maximum Gasteiger partial charge on any atom is 0.342 e. The fourth-order valence-electron chi connectivity index (χ4n) is 1.87. The number of nitrogens with zero attached hydrogens (tertiary/aromatic N) is 3. The SMILES string of the molecule is Cc1ncc([N+](=O)[O-])n1CC(O)c1ccc(F)cc1F. The quantitative estimate of drug-likeness (QED) is 0.688. The summed E-state index contributed by atoms with van der Waals surface area (Å²) < 4.78 is 27.5. The molecule has 2 rings (SSSR count). The van der Waals surface area contributed by atoms with Crippen molar-refractivity contribution in [2.45, 2.75) is 19.6 Å². The smallest absolute Gasteiger partial charge is 0.342 e. The van der Waals surface area contributed by atoms with Crippen molar-refractivity contribution in [3.8, 4) is 0 Å². The molecule has 1 aromatic heterocycles. The number of hydrogen-bond donors (Lipinski definition) is 1. The van der Waals surface area contributed by atoms with E-state index in [0.29, 0.717) is 11.9 Å². The third-order valence-electron chi connectivity index (χ3n) is 2.90. The van der Waals surface area contributed by atoms with E-state index in [0.717, 1.165) is 22.9 Å². The molecule has 20 heavy (non-hydrogen) atoms. The number of rotatable bonds is 4. The van der Waals surface area contributed by atoms with Crippen molar-refractivity contribution in [2.24, 2.45) is 0 Å². The van der Waals surface area contributed by atoms with E-state index in [1.807, 2.05) is 0 Å². The van der Waals surface area contributed by atoms with Gasteiger partial charge in [-0.05, 0) is 11.0 Å². The molecule has 6 nitrogen and oxygen atoms in total. The molecule has 0 fully saturated rings. The predicted octanol–water partition coefficient (Wildman–Crippen LogP) is 2.11. The molecule has 1 atom stereocenters. The Kier molecular flexibility index (Phi) is 3.75. The molecule has 1 N–H and O–H groups in total. The fraction of sp³-hybridized carbons (Fsp3) is 0.250. The normalized spacial score (nSPS) is 12.4. The van der Waals surface area contributed by atoms with Crippen molar-refractivity contribution in [1.29, 1.82) is 0 Å². The first kappa shape index (κ1) is 14.1. The Balaban J connectivity index is 2.30. The first-order chi connectivity index (χ1) is 9.40. The fourth-order valence-corrected chi connectivity index (χ4v) is 1.87. The van der Waals surface area contributed by atoms with Gasteiger partial charge in [0.05, 0.1) is 0 Å². The predicted molar refractivity (Wildman–Crippen MR) is 64.9 cm³/mol. The summed E-state index contributed by atoms with van der Waals surface area (Å²) in [6.45, 7) is 1.28. The summed E-state index contributed by atoms with van der Waals surface area (Å²) in [7, 11) is 0. The minimum Gasteiger partial charge on any atom is -0.384 e. The molecule has 8 heteroatoms. The Labute approximate surface area is 112 Å². The number of aliphatic hydroxyl groups is 1. The number of halogens is 2. The first-order valence-corrected chi connectivity index (χ1v) is 5.69. The molecule has 0 aliphatic heterocycles. The third kappa shape index (κ3) is 2.64. The van der Waals surface area contributed by atoms with Crippen LogP contribution in [0, 0.1) is 28.7 Å². The van der Waals surface area contributed by atoms with Crippen molar-refractivity contribution in [3.05, 3.63) is 57.5 Å². The van der Waals surface area contributed by atoms with Gasteiger partial charge in [0.25, 0.3) is 0 Å². The molecule has 0 aliphatic rings. The lowest BCUT2D eigenvalue weighted by Crippen LogP contribution is -2.13. The van der Waals surface area contributed by atoms with E-state index in [-0.39, 0.29) is 17.9 Å². The zero-order chi connectivity index (χ0) is 14.9. The third-order valence-corrected chi connectivity index (χ3v) is 2.90. The highest BCUT2D eigenvalue weighted by molar-refractivity contribution is 5.23. The number of nitro groups is 1. The van der Waals surface area contributed by atoms with Crippen LogP contribution in [-0.4, -0.2) is 19.6 Å². The Morgan fingerprint density at radius 3 is 2.80 bits per heavy atom. The lowest BCUT2D eigenvalue weighted by atomic mass is 10.1. The van der Waals surface area contributed by atoms with Crippen molar-refractivity contribution in [1.82, 2.24) is 9.55 Å². The van der Waals surface area contributed by atoms with E-state index >= 15 is 0 Å². The number of aromatic nitrogens is 2. The maximum atomic E-state index is 13.5. The van der Waals surface area contributed by atoms with Crippen LogP contribution in [0.3, 0.4) is 0 Å². The number of benzene rings is 1.